The summed E-state index contributed by atoms with van der Waals surface area (Å²) in [4.78, 5) is 37.3. The molecule has 0 bridgehead atoms. The number of carbonyl (C=O) groups is 2. The Morgan fingerprint density at radius 3 is 2.56 bits per heavy atom. The Hall–Kier alpha value is -3.53. The Bertz CT molecular complexity index is 1050. The van der Waals surface area contributed by atoms with E-state index in [1.54, 1.807) is 28.6 Å². The zero-order valence-corrected chi connectivity index (χ0v) is 18.1. The van der Waals surface area contributed by atoms with Crippen molar-refractivity contribution in [2.45, 2.75) is 13.0 Å². The van der Waals surface area contributed by atoms with Crippen molar-refractivity contribution in [1.29, 1.82) is 0 Å². The summed E-state index contributed by atoms with van der Waals surface area (Å²) >= 11 is 1.29. The van der Waals surface area contributed by atoms with E-state index in [1.807, 2.05) is 18.2 Å². The van der Waals surface area contributed by atoms with Crippen LogP contribution in [0.5, 0.6) is 0 Å². The summed E-state index contributed by atoms with van der Waals surface area (Å²) in [5, 5.41) is 7.82. The predicted molar refractivity (Wildman–Crippen MR) is 121 cm³/mol. The number of hydrogen-bond acceptors (Lipinski definition) is 6. The molecule has 1 fully saturated rings. The number of urea groups is 1. The molecule has 0 unspecified atom stereocenters. The van der Waals surface area contributed by atoms with Crippen LogP contribution >= 0.6 is 11.3 Å². The number of anilines is 2. The van der Waals surface area contributed by atoms with Crippen molar-refractivity contribution in [2.75, 3.05) is 36.4 Å². The fourth-order valence-corrected chi connectivity index (χ4v) is 4.03. The molecule has 1 aliphatic heterocycles. The van der Waals surface area contributed by atoms with Crippen LogP contribution in [0.15, 0.2) is 54.0 Å². The average Bonchev–Trinajstić information content (AvgIpc) is 3.26. The lowest BCUT2D eigenvalue weighted by Crippen LogP contribution is -2.50. The van der Waals surface area contributed by atoms with Gasteiger partial charge in [0.1, 0.15) is 11.6 Å². The van der Waals surface area contributed by atoms with Gasteiger partial charge in [0.15, 0.2) is 5.13 Å². The van der Waals surface area contributed by atoms with Crippen LogP contribution in [0.3, 0.4) is 0 Å². The van der Waals surface area contributed by atoms with Gasteiger partial charge in [0.05, 0.1) is 12.1 Å². The van der Waals surface area contributed by atoms with Crippen molar-refractivity contribution >= 4 is 34.2 Å². The van der Waals surface area contributed by atoms with Gasteiger partial charge in [0, 0.05) is 44.3 Å². The van der Waals surface area contributed by atoms with E-state index in [-0.39, 0.29) is 24.2 Å². The zero-order chi connectivity index (χ0) is 22.3. The summed E-state index contributed by atoms with van der Waals surface area (Å²) in [6, 6.07) is 11.6. The molecule has 0 radical (unpaired) electrons. The largest absolute Gasteiger partial charge is 0.353 e. The van der Waals surface area contributed by atoms with E-state index in [0.29, 0.717) is 43.5 Å². The molecule has 8 nitrogen and oxygen atoms in total. The van der Waals surface area contributed by atoms with Crippen LogP contribution < -0.4 is 15.5 Å². The number of pyridine rings is 1. The molecule has 0 aliphatic carbocycles. The first-order valence-corrected chi connectivity index (χ1v) is 11.1. The molecular formula is C22H23FN6O2S. The Morgan fingerprint density at radius 1 is 1.06 bits per heavy atom. The molecule has 3 heterocycles. The van der Waals surface area contributed by atoms with Crippen LogP contribution in [0.25, 0.3) is 0 Å². The zero-order valence-electron chi connectivity index (χ0n) is 17.3. The molecular weight excluding hydrogens is 431 g/mol. The molecule has 2 aromatic heterocycles. The van der Waals surface area contributed by atoms with Gasteiger partial charge in [-0.3, -0.25) is 10.1 Å². The lowest BCUT2D eigenvalue weighted by atomic mass is 10.2. The van der Waals surface area contributed by atoms with Crippen molar-refractivity contribution in [3.8, 4) is 0 Å². The second-order valence-electron chi connectivity index (χ2n) is 7.32. The molecule has 0 saturated carbocycles. The number of halogens is 1. The fraction of sp³-hybridized carbons (Fsp3) is 0.273. The second kappa shape index (κ2) is 10.2. The van der Waals surface area contributed by atoms with Gasteiger partial charge >= 0.3 is 6.03 Å². The summed E-state index contributed by atoms with van der Waals surface area (Å²) in [6.45, 7) is 2.92. The molecule has 1 aliphatic rings. The number of piperazine rings is 1. The van der Waals surface area contributed by atoms with Crippen LogP contribution in [0.2, 0.25) is 0 Å². The van der Waals surface area contributed by atoms with Crippen molar-refractivity contribution in [3.63, 3.8) is 0 Å². The highest BCUT2D eigenvalue weighted by Crippen LogP contribution is 2.18. The number of thiazole rings is 1. The summed E-state index contributed by atoms with van der Waals surface area (Å²) in [5.41, 5.74) is 1.40. The average molecular weight is 455 g/mol. The minimum Gasteiger partial charge on any atom is -0.353 e. The van der Waals surface area contributed by atoms with Gasteiger partial charge in [-0.25, -0.2) is 19.2 Å². The number of amides is 3. The molecule has 10 heteroatoms. The maximum Gasteiger partial charge on any atom is 0.323 e. The number of carbonyl (C=O) groups excluding carboxylic acids is 2. The Morgan fingerprint density at radius 2 is 1.84 bits per heavy atom. The molecule has 3 aromatic rings. The molecule has 166 valence electrons. The van der Waals surface area contributed by atoms with E-state index in [0.717, 1.165) is 11.4 Å². The Labute approximate surface area is 189 Å². The fourth-order valence-electron chi connectivity index (χ4n) is 3.33. The Kier molecular flexibility index (Phi) is 6.90. The first kappa shape index (κ1) is 21.7. The Balaban J connectivity index is 1.22. The summed E-state index contributed by atoms with van der Waals surface area (Å²) in [5.74, 6) is 0.408. The van der Waals surface area contributed by atoms with E-state index < -0.39 is 0 Å². The summed E-state index contributed by atoms with van der Waals surface area (Å²) < 4.78 is 12.9. The molecule has 0 atom stereocenters. The van der Waals surface area contributed by atoms with Gasteiger partial charge in [-0.05, 0) is 29.8 Å². The molecule has 1 aromatic carbocycles. The minimum atomic E-state index is -0.313. The predicted octanol–water partition coefficient (Wildman–Crippen LogP) is 2.89. The lowest BCUT2D eigenvalue weighted by Gasteiger charge is -2.35. The van der Waals surface area contributed by atoms with E-state index in [1.165, 1.54) is 23.5 Å². The van der Waals surface area contributed by atoms with Gasteiger partial charge in [-0.2, -0.15) is 0 Å². The van der Waals surface area contributed by atoms with Gasteiger partial charge < -0.3 is 15.1 Å². The molecule has 2 N–H and O–H groups in total. The summed E-state index contributed by atoms with van der Waals surface area (Å²) in [7, 11) is 0. The number of nitrogens with zero attached hydrogens (tertiary/aromatic N) is 4. The number of hydrogen-bond donors (Lipinski definition) is 2. The summed E-state index contributed by atoms with van der Waals surface area (Å²) in [6.07, 6.45) is 1.87. The highest BCUT2D eigenvalue weighted by atomic mass is 32.1. The van der Waals surface area contributed by atoms with E-state index in [2.05, 4.69) is 25.5 Å². The highest BCUT2D eigenvalue weighted by molar-refractivity contribution is 7.13. The topological polar surface area (TPSA) is 90.5 Å². The molecule has 0 spiro atoms. The van der Waals surface area contributed by atoms with Crippen molar-refractivity contribution < 1.29 is 14.0 Å². The van der Waals surface area contributed by atoms with Crippen LogP contribution in [0, 0.1) is 5.82 Å². The van der Waals surface area contributed by atoms with Gasteiger partial charge in [-0.15, -0.1) is 11.3 Å². The van der Waals surface area contributed by atoms with E-state index >= 15 is 0 Å². The standard InChI is InChI=1S/C22H23FN6O2S/c23-17-6-4-16(5-7-17)14-25-20(30)13-18-15-32-21(26-18)27-22(31)29-11-9-28(10-12-29)19-3-1-2-8-24-19/h1-8,15H,9-14H2,(H,25,30)(H,26,27,31). The second-order valence-corrected chi connectivity index (χ2v) is 8.17. The number of nitrogens with one attached hydrogen (secondary N) is 2. The first-order chi connectivity index (χ1) is 15.6. The third-order valence-corrected chi connectivity index (χ3v) is 5.86. The minimum absolute atomic E-state index is 0.107. The van der Waals surface area contributed by atoms with Gasteiger partial charge in [0.2, 0.25) is 5.91 Å². The molecule has 1 saturated heterocycles. The quantitative estimate of drug-likeness (QED) is 0.598. The first-order valence-electron chi connectivity index (χ1n) is 10.2. The van der Waals surface area contributed by atoms with Crippen LogP contribution in [-0.4, -0.2) is 53.0 Å². The maximum atomic E-state index is 12.9. The SMILES string of the molecule is O=C(Cc1csc(NC(=O)N2CCN(c3ccccn3)CC2)n1)NCc1ccc(F)cc1. The van der Waals surface area contributed by atoms with Crippen molar-refractivity contribution in [3.05, 3.63) is 71.1 Å². The third-order valence-electron chi connectivity index (χ3n) is 5.05. The number of rotatable bonds is 6. The van der Waals surface area contributed by atoms with Crippen LogP contribution in [0.4, 0.5) is 20.1 Å². The number of aromatic nitrogens is 2. The van der Waals surface area contributed by atoms with E-state index in [4.69, 9.17) is 0 Å². The normalized spacial score (nSPS) is 13.7. The van der Waals surface area contributed by atoms with Gasteiger partial charge in [0.25, 0.3) is 0 Å². The molecule has 4 rings (SSSR count). The van der Waals surface area contributed by atoms with Crippen molar-refractivity contribution in [1.82, 2.24) is 20.2 Å². The third kappa shape index (κ3) is 5.79. The molecule has 32 heavy (non-hydrogen) atoms. The van der Waals surface area contributed by atoms with Crippen molar-refractivity contribution in [2.24, 2.45) is 0 Å². The lowest BCUT2D eigenvalue weighted by molar-refractivity contribution is -0.120. The smallest absolute Gasteiger partial charge is 0.323 e. The highest BCUT2D eigenvalue weighted by Gasteiger charge is 2.22. The monoisotopic (exact) mass is 454 g/mol. The number of benzene rings is 1. The maximum absolute atomic E-state index is 12.9. The van der Waals surface area contributed by atoms with Crippen LogP contribution in [0.1, 0.15) is 11.3 Å². The molecule has 3 amide bonds. The van der Waals surface area contributed by atoms with E-state index in [9.17, 15) is 14.0 Å². The van der Waals surface area contributed by atoms with Gasteiger partial charge in [-0.1, -0.05) is 18.2 Å². The van der Waals surface area contributed by atoms with Crippen LogP contribution in [-0.2, 0) is 17.8 Å².